The van der Waals surface area contributed by atoms with Crippen molar-refractivity contribution in [3.8, 4) is 0 Å². The predicted octanol–water partition coefficient (Wildman–Crippen LogP) is 3.55. The molecular weight excluding hydrogens is 378 g/mol. The van der Waals surface area contributed by atoms with Crippen molar-refractivity contribution < 1.29 is 14.3 Å². The monoisotopic (exact) mass is 405 g/mol. The Balaban J connectivity index is 1.54. The number of hydrogen-bond donors (Lipinski definition) is 0. The molecule has 156 valence electrons. The van der Waals surface area contributed by atoms with Gasteiger partial charge in [-0.3, -0.25) is 9.59 Å². The first-order chi connectivity index (χ1) is 14.5. The zero-order valence-electron chi connectivity index (χ0n) is 17.5. The van der Waals surface area contributed by atoms with Crippen molar-refractivity contribution in [3.63, 3.8) is 0 Å². The van der Waals surface area contributed by atoms with Crippen molar-refractivity contribution in [2.45, 2.75) is 45.3 Å². The first-order valence-corrected chi connectivity index (χ1v) is 10.5. The summed E-state index contributed by atoms with van der Waals surface area (Å²) < 4.78 is 7.27. The normalized spacial score (nSPS) is 16.6. The number of aromatic nitrogens is 2. The van der Waals surface area contributed by atoms with Crippen LogP contribution < -0.4 is 0 Å². The second-order valence-electron chi connectivity index (χ2n) is 8.06. The van der Waals surface area contributed by atoms with Crippen molar-refractivity contribution in [2.75, 3.05) is 13.1 Å². The number of likely N-dealkylation sites (tertiary alicyclic amines) is 1. The number of rotatable bonds is 7. The lowest BCUT2D eigenvalue weighted by molar-refractivity contribution is -0.148. The summed E-state index contributed by atoms with van der Waals surface area (Å²) in [5.74, 6) is 0.596. The number of amides is 1. The average molecular weight is 405 g/mol. The highest BCUT2D eigenvalue weighted by Crippen LogP contribution is 2.30. The molecule has 6 nitrogen and oxygen atoms in total. The molecule has 30 heavy (non-hydrogen) atoms. The molecule has 0 N–H and O–H groups in total. The van der Waals surface area contributed by atoms with E-state index in [4.69, 9.17) is 9.72 Å². The molecule has 0 spiro atoms. The topological polar surface area (TPSA) is 64.4 Å². The van der Waals surface area contributed by atoms with Crippen molar-refractivity contribution in [1.29, 1.82) is 0 Å². The Kier molecular flexibility index (Phi) is 5.84. The van der Waals surface area contributed by atoms with E-state index in [9.17, 15) is 9.59 Å². The number of ether oxygens (including phenoxy) is 1. The highest BCUT2D eigenvalue weighted by Gasteiger charge is 2.34. The molecule has 0 radical (unpaired) electrons. The number of para-hydroxylation sites is 2. The molecule has 2 heterocycles. The van der Waals surface area contributed by atoms with Crippen molar-refractivity contribution in [1.82, 2.24) is 14.5 Å². The van der Waals surface area contributed by atoms with Crippen LogP contribution in [0.5, 0.6) is 0 Å². The average Bonchev–Trinajstić information content (AvgIpc) is 3.27. The maximum absolute atomic E-state index is 12.7. The molecule has 0 aliphatic carbocycles. The van der Waals surface area contributed by atoms with Gasteiger partial charge in [0.15, 0.2) is 0 Å². The minimum Gasteiger partial charge on any atom is -0.462 e. The Morgan fingerprint density at radius 3 is 2.63 bits per heavy atom. The second kappa shape index (κ2) is 8.69. The van der Waals surface area contributed by atoms with Crippen LogP contribution in [0.25, 0.3) is 11.0 Å². The Labute approximate surface area is 176 Å². The summed E-state index contributed by atoms with van der Waals surface area (Å²) >= 11 is 0. The molecule has 4 rings (SSSR count). The smallest absolute Gasteiger partial charge is 0.326 e. The molecule has 1 aromatic heterocycles. The summed E-state index contributed by atoms with van der Waals surface area (Å²) in [5.41, 5.74) is 2.95. The minimum absolute atomic E-state index is 0.0347. The van der Waals surface area contributed by atoms with Gasteiger partial charge in [0, 0.05) is 25.4 Å². The molecular formula is C24H27N3O3. The van der Waals surface area contributed by atoms with E-state index in [1.54, 1.807) is 0 Å². The van der Waals surface area contributed by atoms with E-state index in [-0.39, 0.29) is 30.4 Å². The van der Waals surface area contributed by atoms with Gasteiger partial charge in [-0.2, -0.15) is 0 Å². The van der Waals surface area contributed by atoms with Gasteiger partial charge in [-0.15, -0.1) is 0 Å². The van der Waals surface area contributed by atoms with E-state index in [0.29, 0.717) is 19.5 Å². The van der Waals surface area contributed by atoms with Gasteiger partial charge >= 0.3 is 5.97 Å². The largest absolute Gasteiger partial charge is 0.462 e. The summed E-state index contributed by atoms with van der Waals surface area (Å²) in [4.78, 5) is 31.7. The SMILES string of the molecule is CC(C)OC(=O)Cn1c([C@H]2CC(=O)N(CCc3ccccc3)C2)nc2ccccc21. The Morgan fingerprint density at radius 1 is 1.13 bits per heavy atom. The number of carbonyl (C=O) groups excluding carboxylic acids is 2. The fourth-order valence-electron chi connectivity index (χ4n) is 4.07. The van der Waals surface area contributed by atoms with E-state index in [1.807, 2.05) is 65.8 Å². The number of esters is 1. The third kappa shape index (κ3) is 4.37. The number of imidazole rings is 1. The van der Waals surface area contributed by atoms with Gasteiger partial charge in [0.1, 0.15) is 12.4 Å². The third-order valence-electron chi connectivity index (χ3n) is 5.43. The second-order valence-corrected chi connectivity index (χ2v) is 8.06. The highest BCUT2D eigenvalue weighted by atomic mass is 16.5. The molecule has 0 unspecified atom stereocenters. The van der Waals surface area contributed by atoms with E-state index in [0.717, 1.165) is 23.3 Å². The van der Waals surface area contributed by atoms with Crippen LogP contribution in [0.1, 0.15) is 37.6 Å². The van der Waals surface area contributed by atoms with Gasteiger partial charge in [0.2, 0.25) is 5.91 Å². The van der Waals surface area contributed by atoms with E-state index >= 15 is 0 Å². The molecule has 0 saturated carbocycles. The lowest BCUT2D eigenvalue weighted by Gasteiger charge is -2.17. The number of fused-ring (bicyclic) bond motifs is 1. The summed E-state index contributed by atoms with van der Waals surface area (Å²) in [7, 11) is 0. The van der Waals surface area contributed by atoms with Gasteiger partial charge in [-0.05, 0) is 38.0 Å². The van der Waals surface area contributed by atoms with Gasteiger partial charge in [0.05, 0.1) is 17.1 Å². The molecule has 1 atom stereocenters. The Morgan fingerprint density at radius 2 is 1.87 bits per heavy atom. The Hall–Kier alpha value is -3.15. The van der Waals surface area contributed by atoms with Crippen molar-refractivity contribution in [3.05, 3.63) is 66.0 Å². The van der Waals surface area contributed by atoms with Gasteiger partial charge in [-0.25, -0.2) is 4.98 Å². The summed E-state index contributed by atoms with van der Waals surface area (Å²) in [6.45, 7) is 5.09. The lowest BCUT2D eigenvalue weighted by Crippen LogP contribution is -2.27. The van der Waals surface area contributed by atoms with Crippen LogP contribution in [0, 0.1) is 0 Å². The number of nitrogens with zero attached hydrogens (tertiary/aromatic N) is 3. The lowest BCUT2D eigenvalue weighted by atomic mass is 10.1. The van der Waals surface area contributed by atoms with Crippen molar-refractivity contribution >= 4 is 22.9 Å². The van der Waals surface area contributed by atoms with Crippen LogP contribution in [0.15, 0.2) is 54.6 Å². The molecule has 6 heteroatoms. The number of benzene rings is 2. The summed E-state index contributed by atoms with van der Waals surface area (Å²) in [6, 6.07) is 18.0. The first-order valence-electron chi connectivity index (χ1n) is 10.5. The quantitative estimate of drug-likeness (QED) is 0.564. The van der Waals surface area contributed by atoms with Gasteiger partial charge in [0.25, 0.3) is 0 Å². The van der Waals surface area contributed by atoms with Crippen LogP contribution in [0.2, 0.25) is 0 Å². The summed E-state index contributed by atoms with van der Waals surface area (Å²) in [6.07, 6.45) is 1.07. The van der Waals surface area contributed by atoms with Crippen molar-refractivity contribution in [2.24, 2.45) is 0 Å². The highest BCUT2D eigenvalue weighted by molar-refractivity contribution is 5.82. The zero-order chi connectivity index (χ0) is 21.1. The molecule has 1 fully saturated rings. The maximum atomic E-state index is 12.7. The molecule has 3 aromatic rings. The zero-order valence-corrected chi connectivity index (χ0v) is 17.5. The fraction of sp³-hybridized carbons (Fsp3) is 0.375. The van der Waals surface area contributed by atoms with E-state index < -0.39 is 0 Å². The van der Waals surface area contributed by atoms with Crippen LogP contribution in [0.4, 0.5) is 0 Å². The predicted molar refractivity (Wildman–Crippen MR) is 115 cm³/mol. The molecule has 1 saturated heterocycles. The third-order valence-corrected chi connectivity index (χ3v) is 5.43. The molecule has 2 aromatic carbocycles. The summed E-state index contributed by atoms with van der Waals surface area (Å²) in [5, 5.41) is 0. The van der Waals surface area contributed by atoms with Crippen LogP contribution >= 0.6 is 0 Å². The van der Waals surface area contributed by atoms with Gasteiger partial charge < -0.3 is 14.2 Å². The molecule has 1 aliphatic rings. The van der Waals surface area contributed by atoms with Crippen LogP contribution in [0.3, 0.4) is 0 Å². The van der Waals surface area contributed by atoms with E-state index in [1.165, 1.54) is 5.56 Å². The minimum atomic E-state index is -0.292. The number of hydrogen-bond acceptors (Lipinski definition) is 4. The van der Waals surface area contributed by atoms with Crippen LogP contribution in [-0.2, 0) is 27.3 Å². The number of carbonyl (C=O) groups is 2. The fourth-order valence-corrected chi connectivity index (χ4v) is 4.07. The Bertz CT molecular complexity index is 1040. The molecule has 0 bridgehead atoms. The van der Waals surface area contributed by atoms with Gasteiger partial charge in [-0.1, -0.05) is 42.5 Å². The van der Waals surface area contributed by atoms with Crippen LogP contribution in [-0.4, -0.2) is 45.5 Å². The molecule has 1 aliphatic heterocycles. The standard InChI is InChI=1S/C24H27N3O3/c1-17(2)30-23(29)16-27-21-11-7-6-10-20(21)25-24(27)19-14-22(28)26(15-19)13-12-18-8-4-3-5-9-18/h3-11,17,19H,12-16H2,1-2H3/t19-/m0/s1. The molecule has 1 amide bonds. The van der Waals surface area contributed by atoms with E-state index in [2.05, 4.69) is 12.1 Å². The maximum Gasteiger partial charge on any atom is 0.326 e. The first kappa shape index (κ1) is 20.1.